The quantitative estimate of drug-likeness (QED) is 0.888. The zero-order valence-corrected chi connectivity index (χ0v) is 12.9. The van der Waals surface area contributed by atoms with Gasteiger partial charge in [-0.2, -0.15) is 0 Å². The van der Waals surface area contributed by atoms with E-state index in [-0.39, 0.29) is 5.82 Å². The fourth-order valence-electron chi connectivity index (χ4n) is 2.99. The lowest BCUT2D eigenvalue weighted by atomic mass is 9.94. The van der Waals surface area contributed by atoms with E-state index in [2.05, 4.69) is 31.0 Å². The number of hydrogen-bond acceptors (Lipinski definition) is 2. The van der Waals surface area contributed by atoms with Crippen molar-refractivity contribution in [3.05, 3.63) is 35.6 Å². The Labute approximate surface area is 122 Å². The van der Waals surface area contributed by atoms with E-state index in [4.69, 9.17) is 0 Å². The summed E-state index contributed by atoms with van der Waals surface area (Å²) in [7, 11) is 0. The first-order valence-corrected chi connectivity index (χ1v) is 7.86. The zero-order valence-electron chi connectivity index (χ0n) is 12.9. The predicted octanol–water partition coefficient (Wildman–Crippen LogP) is 3.42. The fourth-order valence-corrected chi connectivity index (χ4v) is 2.99. The van der Waals surface area contributed by atoms with Crippen molar-refractivity contribution in [1.29, 1.82) is 0 Å². The van der Waals surface area contributed by atoms with E-state index in [0.717, 1.165) is 31.6 Å². The summed E-state index contributed by atoms with van der Waals surface area (Å²) in [5.41, 5.74) is 0.816. The molecule has 0 radical (unpaired) electrons. The summed E-state index contributed by atoms with van der Waals surface area (Å²) in [4.78, 5) is 2.45. The predicted molar refractivity (Wildman–Crippen MR) is 82.1 cm³/mol. The molecule has 0 spiro atoms. The van der Waals surface area contributed by atoms with Crippen LogP contribution in [0.3, 0.4) is 0 Å². The normalized spacial score (nSPS) is 25.6. The summed E-state index contributed by atoms with van der Waals surface area (Å²) in [6.07, 6.45) is 2.29. The number of benzene rings is 1. The highest BCUT2D eigenvalue weighted by Crippen LogP contribution is 2.20. The molecule has 3 atom stereocenters. The standard InChI is InChI=1S/C17H27FN2/c1-4-13(3)17-12-20(15(5-2)10-19-17)11-14-8-6-7-9-16(14)18/h6-9,13,15,17,19H,4-5,10-12H2,1-3H3. The molecule has 0 amide bonds. The Hall–Kier alpha value is -0.930. The second kappa shape index (κ2) is 7.19. The van der Waals surface area contributed by atoms with Gasteiger partial charge in [-0.1, -0.05) is 45.4 Å². The van der Waals surface area contributed by atoms with Crippen LogP contribution in [-0.2, 0) is 6.54 Å². The highest BCUT2D eigenvalue weighted by molar-refractivity contribution is 5.17. The average Bonchev–Trinajstić information content (AvgIpc) is 2.48. The van der Waals surface area contributed by atoms with Gasteiger partial charge in [0.25, 0.3) is 0 Å². The summed E-state index contributed by atoms with van der Waals surface area (Å²) in [5, 5.41) is 3.67. The highest BCUT2D eigenvalue weighted by Gasteiger charge is 2.29. The molecule has 1 aromatic rings. The zero-order chi connectivity index (χ0) is 14.5. The second-order valence-corrected chi connectivity index (χ2v) is 5.98. The van der Waals surface area contributed by atoms with Gasteiger partial charge in [-0.25, -0.2) is 4.39 Å². The molecule has 1 saturated heterocycles. The van der Waals surface area contributed by atoms with E-state index >= 15 is 0 Å². The van der Waals surface area contributed by atoms with E-state index < -0.39 is 0 Å². The molecule has 1 heterocycles. The molecule has 1 aliphatic heterocycles. The lowest BCUT2D eigenvalue weighted by molar-refractivity contribution is 0.0982. The number of piperazine rings is 1. The molecule has 0 aliphatic carbocycles. The summed E-state index contributed by atoms with van der Waals surface area (Å²) >= 11 is 0. The molecule has 20 heavy (non-hydrogen) atoms. The van der Waals surface area contributed by atoms with Gasteiger partial charge in [0.05, 0.1) is 0 Å². The van der Waals surface area contributed by atoms with Crippen molar-refractivity contribution < 1.29 is 4.39 Å². The maximum absolute atomic E-state index is 13.9. The summed E-state index contributed by atoms with van der Waals surface area (Å²) in [5.74, 6) is 0.580. The minimum Gasteiger partial charge on any atom is -0.311 e. The van der Waals surface area contributed by atoms with Crippen LogP contribution < -0.4 is 5.32 Å². The number of rotatable bonds is 5. The number of nitrogens with one attached hydrogen (secondary N) is 1. The van der Waals surface area contributed by atoms with E-state index in [1.807, 2.05) is 12.1 Å². The average molecular weight is 278 g/mol. The minimum absolute atomic E-state index is 0.0824. The Balaban J connectivity index is 2.07. The monoisotopic (exact) mass is 278 g/mol. The van der Waals surface area contributed by atoms with E-state index in [0.29, 0.717) is 18.0 Å². The van der Waals surface area contributed by atoms with Gasteiger partial charge in [0, 0.05) is 37.3 Å². The van der Waals surface area contributed by atoms with Crippen molar-refractivity contribution in [2.24, 2.45) is 5.92 Å². The maximum Gasteiger partial charge on any atom is 0.127 e. The lowest BCUT2D eigenvalue weighted by Gasteiger charge is -2.42. The van der Waals surface area contributed by atoms with Crippen LogP contribution in [0.15, 0.2) is 24.3 Å². The Morgan fingerprint density at radius 3 is 2.75 bits per heavy atom. The van der Waals surface area contributed by atoms with Gasteiger partial charge in [0.15, 0.2) is 0 Å². The summed E-state index contributed by atoms with van der Waals surface area (Å²) in [6.45, 7) is 9.50. The van der Waals surface area contributed by atoms with Crippen LogP contribution in [0.2, 0.25) is 0 Å². The summed E-state index contributed by atoms with van der Waals surface area (Å²) < 4.78 is 13.9. The molecule has 3 unspecified atom stereocenters. The third-order valence-corrected chi connectivity index (χ3v) is 4.70. The van der Waals surface area contributed by atoms with Crippen molar-refractivity contribution in [2.45, 2.75) is 52.2 Å². The molecule has 0 saturated carbocycles. The molecule has 1 aromatic carbocycles. The fraction of sp³-hybridized carbons (Fsp3) is 0.647. The third kappa shape index (κ3) is 3.58. The lowest BCUT2D eigenvalue weighted by Crippen LogP contribution is -2.57. The van der Waals surface area contributed by atoms with Gasteiger partial charge in [0.2, 0.25) is 0 Å². The number of hydrogen-bond donors (Lipinski definition) is 1. The van der Waals surface area contributed by atoms with Gasteiger partial charge in [-0.3, -0.25) is 4.90 Å². The van der Waals surface area contributed by atoms with Crippen LogP contribution in [0, 0.1) is 11.7 Å². The molecule has 1 fully saturated rings. The van der Waals surface area contributed by atoms with Crippen molar-refractivity contribution >= 4 is 0 Å². The smallest absolute Gasteiger partial charge is 0.127 e. The molecule has 3 heteroatoms. The number of halogens is 1. The first kappa shape index (κ1) is 15.5. The van der Waals surface area contributed by atoms with Gasteiger partial charge < -0.3 is 5.32 Å². The third-order valence-electron chi connectivity index (χ3n) is 4.70. The van der Waals surface area contributed by atoms with Crippen molar-refractivity contribution in [1.82, 2.24) is 10.2 Å². The van der Waals surface area contributed by atoms with E-state index in [1.165, 1.54) is 6.42 Å². The van der Waals surface area contributed by atoms with Crippen molar-refractivity contribution in [2.75, 3.05) is 13.1 Å². The Morgan fingerprint density at radius 2 is 2.10 bits per heavy atom. The van der Waals surface area contributed by atoms with Crippen molar-refractivity contribution in [3.63, 3.8) is 0 Å². The largest absolute Gasteiger partial charge is 0.311 e. The van der Waals surface area contributed by atoms with Crippen LogP contribution in [0.5, 0.6) is 0 Å². The van der Waals surface area contributed by atoms with E-state index in [9.17, 15) is 4.39 Å². The molecular formula is C17H27FN2. The molecule has 0 bridgehead atoms. The van der Waals surface area contributed by atoms with Crippen LogP contribution in [0.4, 0.5) is 4.39 Å². The summed E-state index contributed by atoms with van der Waals surface area (Å²) in [6, 6.07) is 8.18. The Kier molecular flexibility index (Phi) is 5.55. The van der Waals surface area contributed by atoms with Crippen LogP contribution in [-0.4, -0.2) is 30.1 Å². The topological polar surface area (TPSA) is 15.3 Å². The van der Waals surface area contributed by atoms with Crippen molar-refractivity contribution in [3.8, 4) is 0 Å². The molecule has 1 aliphatic rings. The molecule has 1 N–H and O–H groups in total. The van der Waals surface area contributed by atoms with Gasteiger partial charge in [-0.05, 0) is 18.4 Å². The molecular weight excluding hydrogens is 251 g/mol. The first-order chi connectivity index (χ1) is 9.65. The first-order valence-electron chi connectivity index (χ1n) is 7.86. The maximum atomic E-state index is 13.9. The molecule has 0 aromatic heterocycles. The number of nitrogens with zero attached hydrogens (tertiary/aromatic N) is 1. The van der Waals surface area contributed by atoms with Crippen LogP contribution in [0.1, 0.15) is 39.2 Å². The molecule has 112 valence electrons. The Morgan fingerprint density at radius 1 is 1.35 bits per heavy atom. The van der Waals surface area contributed by atoms with Gasteiger partial charge in [0.1, 0.15) is 5.82 Å². The van der Waals surface area contributed by atoms with Crippen LogP contribution >= 0.6 is 0 Å². The SMILES string of the molecule is CCC(C)C1CN(Cc2ccccc2F)C(CC)CN1. The highest BCUT2D eigenvalue weighted by atomic mass is 19.1. The van der Waals surface area contributed by atoms with Crippen LogP contribution in [0.25, 0.3) is 0 Å². The Bertz CT molecular complexity index is 421. The van der Waals surface area contributed by atoms with Gasteiger partial charge >= 0.3 is 0 Å². The second-order valence-electron chi connectivity index (χ2n) is 5.98. The minimum atomic E-state index is -0.0824. The molecule has 2 nitrogen and oxygen atoms in total. The van der Waals surface area contributed by atoms with E-state index in [1.54, 1.807) is 12.1 Å². The molecule has 2 rings (SSSR count). The van der Waals surface area contributed by atoms with Gasteiger partial charge in [-0.15, -0.1) is 0 Å².